The zero-order valence-corrected chi connectivity index (χ0v) is 17.7. The summed E-state index contributed by atoms with van der Waals surface area (Å²) in [5.41, 5.74) is 3.94. The molecule has 0 bridgehead atoms. The second-order valence-corrected chi connectivity index (χ2v) is 8.51. The summed E-state index contributed by atoms with van der Waals surface area (Å²) >= 11 is 1.78. The molecule has 2 aromatic heterocycles. The van der Waals surface area contributed by atoms with Crippen molar-refractivity contribution in [1.29, 1.82) is 0 Å². The van der Waals surface area contributed by atoms with Crippen LogP contribution in [-0.2, 0) is 0 Å². The molecule has 7 heteroatoms. The van der Waals surface area contributed by atoms with Gasteiger partial charge in [-0.1, -0.05) is 17.8 Å². The van der Waals surface area contributed by atoms with E-state index in [0.717, 1.165) is 44.5 Å². The molecule has 0 spiro atoms. The van der Waals surface area contributed by atoms with Crippen LogP contribution in [0.25, 0.3) is 16.6 Å². The minimum absolute atomic E-state index is 0.823. The summed E-state index contributed by atoms with van der Waals surface area (Å²) in [6.07, 6.45) is 4.11. The fourth-order valence-corrected chi connectivity index (χ4v) is 4.95. The van der Waals surface area contributed by atoms with E-state index in [1.54, 1.807) is 23.8 Å². The monoisotopic (exact) mass is 398 g/mol. The fourth-order valence-electron chi connectivity index (χ4n) is 3.99. The Hall–Kier alpha value is -2.12. The van der Waals surface area contributed by atoms with Crippen molar-refractivity contribution in [2.45, 2.75) is 38.1 Å². The van der Waals surface area contributed by atoms with Crippen molar-refractivity contribution in [2.24, 2.45) is 0 Å². The molecule has 1 N–H and O–H groups in total. The van der Waals surface area contributed by atoms with Crippen molar-refractivity contribution in [3.8, 4) is 11.4 Å². The van der Waals surface area contributed by atoms with Gasteiger partial charge in [0.15, 0.2) is 0 Å². The highest BCUT2D eigenvalue weighted by molar-refractivity contribution is 7.99. The largest absolute Gasteiger partial charge is 0.497 e. The third-order valence-corrected chi connectivity index (χ3v) is 6.48. The third kappa shape index (κ3) is 3.86. The van der Waals surface area contributed by atoms with Gasteiger partial charge in [-0.2, -0.15) is 10.2 Å². The van der Waals surface area contributed by atoms with Gasteiger partial charge in [0, 0.05) is 17.2 Å². The molecule has 4 rings (SSSR count). The van der Waals surface area contributed by atoms with Crippen LogP contribution < -0.4 is 9.64 Å². The van der Waals surface area contributed by atoms with E-state index in [9.17, 15) is 0 Å². The Labute approximate surface area is 170 Å². The minimum Gasteiger partial charge on any atom is -0.497 e. The molecule has 1 saturated heterocycles. The van der Waals surface area contributed by atoms with Gasteiger partial charge < -0.3 is 9.64 Å². The Morgan fingerprint density at radius 1 is 1.14 bits per heavy atom. The first-order valence-corrected chi connectivity index (χ1v) is 11.0. The molecule has 3 heterocycles. The molecule has 6 nitrogen and oxygen atoms in total. The van der Waals surface area contributed by atoms with Crippen molar-refractivity contribution in [2.75, 3.05) is 32.5 Å². The zero-order valence-electron chi connectivity index (χ0n) is 16.9. The van der Waals surface area contributed by atoms with E-state index in [1.165, 1.54) is 38.9 Å². The number of nitrogens with zero attached hydrogens (tertiary/aromatic N) is 4. The molecule has 1 aromatic carbocycles. The number of benzene rings is 1. The SMILES string of the molecule is COc1cccc(-n2nc3c(SCC[NH+]4CCCCC4)nnc(C)c3c2C)c1. The van der Waals surface area contributed by atoms with E-state index in [4.69, 9.17) is 9.84 Å². The van der Waals surface area contributed by atoms with Crippen LogP contribution >= 0.6 is 11.8 Å². The van der Waals surface area contributed by atoms with E-state index in [1.807, 2.05) is 35.9 Å². The maximum Gasteiger partial charge on any atom is 0.147 e. The molecule has 1 fully saturated rings. The predicted molar refractivity (Wildman–Crippen MR) is 113 cm³/mol. The van der Waals surface area contributed by atoms with E-state index < -0.39 is 0 Å². The van der Waals surface area contributed by atoms with Crippen LogP contribution in [0, 0.1) is 13.8 Å². The lowest BCUT2D eigenvalue weighted by atomic mass is 10.1. The molecule has 0 saturated carbocycles. The second kappa shape index (κ2) is 8.49. The van der Waals surface area contributed by atoms with Gasteiger partial charge in [0.1, 0.15) is 16.3 Å². The van der Waals surface area contributed by atoms with Gasteiger partial charge in [-0.3, -0.25) is 0 Å². The first-order valence-electron chi connectivity index (χ1n) is 10.0. The fraction of sp³-hybridized carbons (Fsp3) is 0.476. The number of thioether (sulfide) groups is 1. The van der Waals surface area contributed by atoms with Gasteiger partial charge in [0.25, 0.3) is 0 Å². The molecule has 28 heavy (non-hydrogen) atoms. The topological polar surface area (TPSA) is 57.3 Å². The Bertz CT molecular complexity index is 965. The van der Waals surface area contributed by atoms with Crippen LogP contribution in [0.4, 0.5) is 0 Å². The average Bonchev–Trinajstić information content (AvgIpc) is 3.09. The highest BCUT2D eigenvalue weighted by Crippen LogP contribution is 2.30. The molecule has 0 unspecified atom stereocenters. The number of aromatic nitrogens is 4. The van der Waals surface area contributed by atoms with Crippen molar-refractivity contribution < 1.29 is 9.64 Å². The number of fused-ring (bicyclic) bond motifs is 1. The molecule has 0 amide bonds. The van der Waals surface area contributed by atoms with E-state index >= 15 is 0 Å². The molecular weight excluding hydrogens is 370 g/mol. The summed E-state index contributed by atoms with van der Waals surface area (Å²) in [4.78, 5) is 1.72. The lowest BCUT2D eigenvalue weighted by Crippen LogP contribution is -3.13. The van der Waals surface area contributed by atoms with Crippen molar-refractivity contribution in [3.63, 3.8) is 0 Å². The second-order valence-electron chi connectivity index (χ2n) is 7.42. The molecule has 1 aliphatic rings. The lowest BCUT2D eigenvalue weighted by molar-refractivity contribution is -0.902. The normalized spacial score (nSPS) is 15.2. The van der Waals surface area contributed by atoms with Crippen molar-refractivity contribution in [1.82, 2.24) is 20.0 Å². The number of hydrogen-bond acceptors (Lipinski definition) is 5. The third-order valence-electron chi connectivity index (χ3n) is 5.52. The first kappa shape index (κ1) is 19.2. The number of ether oxygens (including phenoxy) is 1. The number of piperidine rings is 1. The smallest absolute Gasteiger partial charge is 0.147 e. The predicted octanol–water partition coefficient (Wildman–Crippen LogP) is 2.60. The molecular formula is C21H28N5OS+. The summed E-state index contributed by atoms with van der Waals surface area (Å²) in [6, 6.07) is 7.98. The Balaban J connectivity index is 1.62. The number of nitrogens with one attached hydrogen (secondary N) is 1. The van der Waals surface area contributed by atoms with Gasteiger partial charge in [0.2, 0.25) is 0 Å². The Kier molecular flexibility index (Phi) is 5.82. The number of rotatable bonds is 6. The summed E-state index contributed by atoms with van der Waals surface area (Å²) < 4.78 is 7.35. The zero-order chi connectivity index (χ0) is 19.5. The van der Waals surface area contributed by atoms with Gasteiger partial charge in [0.05, 0.1) is 43.8 Å². The van der Waals surface area contributed by atoms with Gasteiger partial charge in [-0.15, -0.1) is 5.10 Å². The Morgan fingerprint density at radius 3 is 2.75 bits per heavy atom. The van der Waals surface area contributed by atoms with E-state index in [-0.39, 0.29) is 0 Å². The highest BCUT2D eigenvalue weighted by atomic mass is 32.2. The maximum atomic E-state index is 5.38. The first-order chi connectivity index (χ1) is 13.7. The quantitative estimate of drug-likeness (QED) is 0.647. The Morgan fingerprint density at radius 2 is 1.96 bits per heavy atom. The van der Waals surface area contributed by atoms with Gasteiger partial charge in [-0.25, -0.2) is 4.68 Å². The lowest BCUT2D eigenvalue weighted by Gasteiger charge is -2.23. The minimum atomic E-state index is 0.823. The highest BCUT2D eigenvalue weighted by Gasteiger charge is 2.19. The maximum absolute atomic E-state index is 5.38. The van der Waals surface area contributed by atoms with Crippen LogP contribution in [0.15, 0.2) is 29.3 Å². The van der Waals surface area contributed by atoms with E-state index in [2.05, 4.69) is 17.1 Å². The summed E-state index contributed by atoms with van der Waals surface area (Å²) in [5.74, 6) is 1.87. The average molecular weight is 399 g/mol. The number of methoxy groups -OCH3 is 1. The number of hydrogen-bond donors (Lipinski definition) is 1. The number of aryl methyl sites for hydroxylation is 2. The summed E-state index contributed by atoms with van der Waals surface area (Å²) in [5, 5.41) is 15.8. The number of quaternary nitrogens is 1. The molecule has 1 aliphatic heterocycles. The standard InChI is InChI=1S/C21H27N5OS/c1-15-19-16(2)26(17-8-7-9-18(14-17)27-3)24-20(19)21(23-22-15)28-13-12-25-10-5-4-6-11-25/h7-9,14H,4-6,10-13H2,1-3H3/p+1. The van der Waals surface area contributed by atoms with Crippen molar-refractivity contribution in [3.05, 3.63) is 35.7 Å². The summed E-state index contributed by atoms with van der Waals surface area (Å²) in [6.45, 7) is 7.89. The van der Waals surface area contributed by atoms with E-state index in [0.29, 0.717) is 0 Å². The summed E-state index contributed by atoms with van der Waals surface area (Å²) in [7, 11) is 1.68. The molecule has 148 valence electrons. The van der Waals surface area contributed by atoms with Gasteiger partial charge >= 0.3 is 0 Å². The van der Waals surface area contributed by atoms with Crippen LogP contribution in [0.2, 0.25) is 0 Å². The van der Waals surface area contributed by atoms with Crippen LogP contribution in [0.3, 0.4) is 0 Å². The molecule has 3 aromatic rings. The van der Waals surface area contributed by atoms with Crippen molar-refractivity contribution >= 4 is 22.7 Å². The van der Waals surface area contributed by atoms with Crippen LogP contribution in [0.5, 0.6) is 5.75 Å². The van der Waals surface area contributed by atoms with Crippen LogP contribution in [0.1, 0.15) is 30.7 Å². The van der Waals surface area contributed by atoms with Gasteiger partial charge in [-0.05, 0) is 45.2 Å². The molecule has 0 atom stereocenters. The van der Waals surface area contributed by atoms with Crippen LogP contribution in [-0.4, -0.2) is 52.5 Å². The number of likely N-dealkylation sites (tertiary alicyclic amines) is 1. The molecule has 0 radical (unpaired) electrons. The molecule has 0 aliphatic carbocycles.